The molecule has 0 bridgehead atoms. The lowest BCUT2D eigenvalue weighted by atomic mass is 9.93. The Morgan fingerprint density at radius 2 is 2.43 bits per heavy atom. The van der Waals surface area contributed by atoms with Crippen molar-refractivity contribution in [2.75, 3.05) is 13.1 Å². The highest BCUT2D eigenvalue weighted by Crippen LogP contribution is 2.15. The Morgan fingerprint density at radius 3 is 3.07 bits per heavy atom. The summed E-state index contributed by atoms with van der Waals surface area (Å²) in [7, 11) is 0. The lowest BCUT2D eigenvalue weighted by molar-refractivity contribution is -0.120. The molecule has 0 aromatic rings. The first kappa shape index (κ1) is 11.4. The Labute approximate surface area is 86.8 Å². The molecule has 2 nitrogen and oxygen atoms in total. The van der Waals surface area contributed by atoms with Crippen LogP contribution in [0.25, 0.3) is 0 Å². The van der Waals surface area contributed by atoms with Crippen LogP contribution in [0.2, 0.25) is 0 Å². The molecular formula is C12H21NO. The molecule has 14 heavy (non-hydrogen) atoms. The van der Waals surface area contributed by atoms with Crippen molar-refractivity contribution < 1.29 is 4.79 Å². The monoisotopic (exact) mass is 195 g/mol. The lowest BCUT2D eigenvalue weighted by Gasteiger charge is -2.21. The number of allylic oxidation sites excluding steroid dienone is 1. The summed E-state index contributed by atoms with van der Waals surface area (Å²) in [4.78, 5) is 11.5. The van der Waals surface area contributed by atoms with E-state index in [-0.39, 0.29) is 0 Å². The van der Waals surface area contributed by atoms with Crippen molar-refractivity contribution in [3.05, 3.63) is 12.7 Å². The van der Waals surface area contributed by atoms with E-state index < -0.39 is 0 Å². The van der Waals surface area contributed by atoms with E-state index in [0.717, 1.165) is 38.8 Å². The van der Waals surface area contributed by atoms with Gasteiger partial charge < -0.3 is 5.32 Å². The summed E-state index contributed by atoms with van der Waals surface area (Å²) in [5.41, 5.74) is 0. The highest BCUT2D eigenvalue weighted by molar-refractivity contribution is 5.78. The van der Waals surface area contributed by atoms with Crippen LogP contribution >= 0.6 is 0 Å². The third-order valence-electron chi connectivity index (χ3n) is 2.78. The molecule has 0 radical (unpaired) electrons. The molecule has 1 unspecified atom stereocenters. The summed E-state index contributed by atoms with van der Waals surface area (Å²) in [5, 5.41) is 3.34. The number of carbonyl (C=O) groups excluding carboxylic acids is 1. The zero-order valence-electron chi connectivity index (χ0n) is 8.93. The van der Waals surface area contributed by atoms with E-state index in [2.05, 4.69) is 11.9 Å². The SMILES string of the molecule is C=CCCCC(=O)CC1CCCNC1. The van der Waals surface area contributed by atoms with E-state index in [1.165, 1.54) is 12.8 Å². The van der Waals surface area contributed by atoms with Gasteiger partial charge in [-0.25, -0.2) is 0 Å². The quantitative estimate of drug-likeness (QED) is 0.520. The van der Waals surface area contributed by atoms with E-state index in [4.69, 9.17) is 0 Å². The topological polar surface area (TPSA) is 29.1 Å². The molecule has 1 saturated heterocycles. The molecule has 80 valence electrons. The number of Topliss-reactive ketones (excluding diaryl/α,β-unsaturated/α-hetero) is 1. The first-order valence-electron chi connectivity index (χ1n) is 5.66. The summed E-state index contributed by atoms with van der Waals surface area (Å²) >= 11 is 0. The standard InChI is InChI=1S/C12H21NO/c1-2-3-4-7-12(14)9-11-6-5-8-13-10-11/h2,11,13H,1,3-10H2. The minimum Gasteiger partial charge on any atom is -0.316 e. The van der Waals surface area contributed by atoms with Crippen LogP contribution in [-0.4, -0.2) is 18.9 Å². The number of rotatable bonds is 6. The lowest BCUT2D eigenvalue weighted by Crippen LogP contribution is -2.31. The number of ketones is 1. The van der Waals surface area contributed by atoms with Gasteiger partial charge in [0.2, 0.25) is 0 Å². The van der Waals surface area contributed by atoms with E-state index in [0.29, 0.717) is 11.7 Å². The molecule has 1 aliphatic rings. The summed E-state index contributed by atoms with van der Waals surface area (Å²) in [5.74, 6) is 1.03. The van der Waals surface area contributed by atoms with Crippen LogP contribution in [0.5, 0.6) is 0 Å². The van der Waals surface area contributed by atoms with Crippen LogP contribution in [-0.2, 0) is 4.79 Å². The van der Waals surface area contributed by atoms with Gasteiger partial charge in [-0.2, -0.15) is 0 Å². The maximum atomic E-state index is 11.5. The number of hydrogen-bond donors (Lipinski definition) is 1. The molecule has 1 N–H and O–H groups in total. The largest absolute Gasteiger partial charge is 0.316 e. The fourth-order valence-corrected chi connectivity index (χ4v) is 1.97. The second-order valence-electron chi connectivity index (χ2n) is 4.14. The first-order chi connectivity index (χ1) is 6.83. The predicted octanol–water partition coefficient (Wildman–Crippen LogP) is 2.30. The van der Waals surface area contributed by atoms with Gasteiger partial charge in [-0.1, -0.05) is 6.08 Å². The van der Waals surface area contributed by atoms with Crippen molar-refractivity contribution in [2.45, 2.75) is 38.5 Å². The van der Waals surface area contributed by atoms with Crippen LogP contribution in [0.1, 0.15) is 38.5 Å². The van der Waals surface area contributed by atoms with Crippen molar-refractivity contribution >= 4 is 5.78 Å². The molecule has 0 aromatic carbocycles. The van der Waals surface area contributed by atoms with Gasteiger partial charge in [0.05, 0.1) is 0 Å². The maximum Gasteiger partial charge on any atom is 0.133 e. The van der Waals surface area contributed by atoms with E-state index in [1.54, 1.807) is 0 Å². The number of piperidine rings is 1. The molecule has 1 heterocycles. The van der Waals surface area contributed by atoms with Crippen LogP contribution < -0.4 is 5.32 Å². The summed E-state index contributed by atoms with van der Waals surface area (Å²) in [6.07, 6.45) is 7.80. The molecular weight excluding hydrogens is 174 g/mol. The number of hydrogen-bond acceptors (Lipinski definition) is 2. The van der Waals surface area contributed by atoms with Crippen LogP contribution in [0.3, 0.4) is 0 Å². The first-order valence-corrected chi connectivity index (χ1v) is 5.66. The average molecular weight is 195 g/mol. The third-order valence-corrected chi connectivity index (χ3v) is 2.78. The van der Waals surface area contributed by atoms with Gasteiger partial charge in [-0.15, -0.1) is 6.58 Å². The van der Waals surface area contributed by atoms with Gasteiger partial charge >= 0.3 is 0 Å². The molecule has 1 fully saturated rings. The van der Waals surface area contributed by atoms with E-state index in [1.807, 2.05) is 6.08 Å². The van der Waals surface area contributed by atoms with Gasteiger partial charge in [0.15, 0.2) is 0 Å². The molecule has 1 aliphatic heterocycles. The molecule has 0 spiro atoms. The Hall–Kier alpha value is -0.630. The van der Waals surface area contributed by atoms with E-state index in [9.17, 15) is 4.79 Å². The molecule has 2 heteroatoms. The molecule has 0 aliphatic carbocycles. The third kappa shape index (κ3) is 4.56. The van der Waals surface area contributed by atoms with Crippen molar-refractivity contribution in [3.8, 4) is 0 Å². The minimum atomic E-state index is 0.431. The zero-order chi connectivity index (χ0) is 10.2. The van der Waals surface area contributed by atoms with Gasteiger partial charge in [-0.3, -0.25) is 4.79 Å². The van der Waals surface area contributed by atoms with Gasteiger partial charge in [0.25, 0.3) is 0 Å². The molecule has 0 aromatic heterocycles. The summed E-state index contributed by atoms with van der Waals surface area (Å²) in [6.45, 7) is 5.81. The normalized spacial score (nSPS) is 21.9. The maximum absolute atomic E-state index is 11.5. The van der Waals surface area contributed by atoms with E-state index >= 15 is 0 Å². The highest BCUT2D eigenvalue weighted by Gasteiger charge is 2.15. The Morgan fingerprint density at radius 1 is 1.57 bits per heavy atom. The molecule has 0 amide bonds. The van der Waals surface area contributed by atoms with Crippen molar-refractivity contribution in [1.29, 1.82) is 0 Å². The van der Waals surface area contributed by atoms with Crippen molar-refractivity contribution in [2.24, 2.45) is 5.92 Å². The van der Waals surface area contributed by atoms with Crippen molar-refractivity contribution in [1.82, 2.24) is 5.32 Å². The number of unbranched alkanes of at least 4 members (excludes halogenated alkanes) is 1. The van der Waals surface area contributed by atoms with Crippen molar-refractivity contribution in [3.63, 3.8) is 0 Å². The van der Waals surface area contributed by atoms with Crippen LogP contribution in [0, 0.1) is 5.92 Å². The van der Waals surface area contributed by atoms with Gasteiger partial charge in [0, 0.05) is 12.8 Å². The minimum absolute atomic E-state index is 0.431. The van der Waals surface area contributed by atoms with Gasteiger partial charge in [-0.05, 0) is 44.7 Å². The smallest absolute Gasteiger partial charge is 0.133 e. The average Bonchev–Trinajstić information content (AvgIpc) is 2.20. The number of carbonyl (C=O) groups is 1. The fraction of sp³-hybridized carbons (Fsp3) is 0.750. The zero-order valence-corrected chi connectivity index (χ0v) is 8.93. The molecule has 0 saturated carbocycles. The Bertz CT molecular complexity index is 183. The fourth-order valence-electron chi connectivity index (χ4n) is 1.97. The highest BCUT2D eigenvalue weighted by atomic mass is 16.1. The van der Waals surface area contributed by atoms with Gasteiger partial charge in [0.1, 0.15) is 5.78 Å². The second kappa shape index (κ2) is 6.77. The summed E-state index contributed by atoms with van der Waals surface area (Å²) in [6, 6.07) is 0. The Kier molecular flexibility index (Phi) is 5.53. The predicted molar refractivity (Wildman–Crippen MR) is 59.3 cm³/mol. The second-order valence-corrected chi connectivity index (χ2v) is 4.14. The van der Waals surface area contributed by atoms with Crippen LogP contribution in [0.4, 0.5) is 0 Å². The Balaban J connectivity index is 2.09. The van der Waals surface area contributed by atoms with Crippen LogP contribution in [0.15, 0.2) is 12.7 Å². The summed E-state index contributed by atoms with van der Waals surface area (Å²) < 4.78 is 0. The molecule has 1 atom stereocenters. The molecule has 1 rings (SSSR count). The number of nitrogens with one attached hydrogen (secondary N) is 1.